The van der Waals surface area contributed by atoms with E-state index in [9.17, 15) is 14.7 Å². The summed E-state index contributed by atoms with van der Waals surface area (Å²) < 4.78 is 5.75. The average Bonchev–Trinajstić information content (AvgIpc) is 2.61. The summed E-state index contributed by atoms with van der Waals surface area (Å²) >= 11 is 3.35. The number of hydrogen-bond acceptors (Lipinski definition) is 4. The third-order valence-corrected chi connectivity index (χ3v) is 6.27. The Labute approximate surface area is 161 Å². The standard InChI is InChI=1S/C21H21BrO4/c1-5-12-6-7-14-19(24)11(2)8-17(23)21(14,3)18(12)13-9-15(22)20(25)16(10-13)26-4/h5-6,8-10,14,18,25H,1,7H2,2-4H3/t14-,18+,21-/m0/s1. The Morgan fingerprint density at radius 2 is 2.08 bits per heavy atom. The number of phenolic OH excluding ortho intramolecular Hbond substituents is 1. The molecule has 0 saturated heterocycles. The van der Waals surface area contributed by atoms with E-state index in [0.29, 0.717) is 22.2 Å². The second kappa shape index (κ2) is 6.54. The summed E-state index contributed by atoms with van der Waals surface area (Å²) in [6.45, 7) is 7.45. The topological polar surface area (TPSA) is 63.6 Å². The molecule has 1 aromatic carbocycles. The van der Waals surface area contributed by atoms with E-state index in [4.69, 9.17) is 4.74 Å². The monoisotopic (exact) mass is 416 g/mol. The van der Waals surface area contributed by atoms with Gasteiger partial charge < -0.3 is 9.84 Å². The highest BCUT2D eigenvalue weighted by molar-refractivity contribution is 9.10. The highest BCUT2D eigenvalue weighted by Crippen LogP contribution is 2.55. The smallest absolute Gasteiger partial charge is 0.172 e. The van der Waals surface area contributed by atoms with Crippen molar-refractivity contribution in [1.29, 1.82) is 0 Å². The number of Topliss-reactive ketones (excluding diaryl/α,β-unsaturated/α-hetero) is 1. The lowest BCUT2D eigenvalue weighted by molar-refractivity contribution is -0.137. The summed E-state index contributed by atoms with van der Waals surface area (Å²) in [5.74, 6) is -0.497. The number of ketones is 2. The summed E-state index contributed by atoms with van der Waals surface area (Å²) in [5, 5.41) is 10.1. The zero-order valence-electron chi connectivity index (χ0n) is 15.0. The molecule has 136 valence electrons. The fourth-order valence-corrected chi connectivity index (χ4v) is 4.67. The van der Waals surface area contributed by atoms with Crippen molar-refractivity contribution in [3.8, 4) is 11.5 Å². The zero-order valence-corrected chi connectivity index (χ0v) is 16.6. The van der Waals surface area contributed by atoms with Crippen molar-refractivity contribution in [2.75, 3.05) is 7.11 Å². The average molecular weight is 417 g/mol. The molecule has 5 heteroatoms. The van der Waals surface area contributed by atoms with Gasteiger partial charge in [-0.1, -0.05) is 25.7 Å². The normalized spacial score (nSPS) is 28.2. The van der Waals surface area contributed by atoms with Crippen LogP contribution in [0.2, 0.25) is 0 Å². The zero-order chi connectivity index (χ0) is 19.2. The summed E-state index contributed by atoms with van der Waals surface area (Å²) in [5.41, 5.74) is 1.30. The number of methoxy groups -OCH3 is 1. The molecule has 0 radical (unpaired) electrons. The summed E-state index contributed by atoms with van der Waals surface area (Å²) in [6, 6.07) is 3.50. The molecule has 0 spiro atoms. The molecule has 0 fully saturated rings. The van der Waals surface area contributed by atoms with Crippen LogP contribution in [0.15, 0.2) is 52.6 Å². The molecule has 4 nitrogen and oxygen atoms in total. The number of aromatic hydroxyl groups is 1. The van der Waals surface area contributed by atoms with Crippen LogP contribution in [0.25, 0.3) is 0 Å². The maximum absolute atomic E-state index is 13.1. The lowest BCUT2D eigenvalue weighted by Gasteiger charge is -2.47. The molecule has 0 aromatic heterocycles. The van der Waals surface area contributed by atoms with E-state index in [-0.39, 0.29) is 23.2 Å². The highest BCUT2D eigenvalue weighted by Gasteiger charge is 2.54. The van der Waals surface area contributed by atoms with Crippen molar-refractivity contribution in [3.63, 3.8) is 0 Å². The number of hydrogen-bond donors (Lipinski definition) is 1. The minimum Gasteiger partial charge on any atom is -0.503 e. The number of benzene rings is 1. The van der Waals surface area contributed by atoms with E-state index in [1.165, 1.54) is 13.2 Å². The minimum atomic E-state index is -0.906. The van der Waals surface area contributed by atoms with Crippen molar-refractivity contribution in [2.24, 2.45) is 11.3 Å². The van der Waals surface area contributed by atoms with E-state index in [1.54, 1.807) is 25.1 Å². The molecule has 0 saturated carbocycles. The number of ether oxygens (including phenoxy) is 1. The van der Waals surface area contributed by atoms with E-state index >= 15 is 0 Å². The Bertz CT molecular complexity index is 880. The van der Waals surface area contributed by atoms with Gasteiger partial charge >= 0.3 is 0 Å². The van der Waals surface area contributed by atoms with E-state index in [0.717, 1.165) is 11.1 Å². The molecule has 0 amide bonds. The molecule has 1 N–H and O–H groups in total. The van der Waals surface area contributed by atoms with Crippen molar-refractivity contribution in [3.05, 3.63) is 58.1 Å². The SMILES string of the molecule is C=CC1=CC[C@H]2C(=O)C(C)=CC(=O)[C@@]2(C)[C@H]1c1cc(Br)c(O)c(OC)c1. The number of carbonyl (C=O) groups is 2. The van der Waals surface area contributed by atoms with Crippen molar-refractivity contribution < 1.29 is 19.4 Å². The molecule has 3 rings (SSSR count). The van der Waals surface area contributed by atoms with Gasteiger partial charge in [-0.3, -0.25) is 9.59 Å². The first-order valence-electron chi connectivity index (χ1n) is 8.41. The number of phenols is 1. The van der Waals surface area contributed by atoms with Crippen LogP contribution >= 0.6 is 15.9 Å². The number of halogens is 1. The van der Waals surface area contributed by atoms with Gasteiger partial charge in [0.25, 0.3) is 0 Å². The van der Waals surface area contributed by atoms with E-state index in [2.05, 4.69) is 22.5 Å². The fourth-order valence-electron chi connectivity index (χ4n) is 4.21. The van der Waals surface area contributed by atoms with Crippen molar-refractivity contribution in [2.45, 2.75) is 26.2 Å². The quantitative estimate of drug-likeness (QED) is 0.788. The number of fused-ring (bicyclic) bond motifs is 1. The summed E-state index contributed by atoms with van der Waals surface area (Å²) in [7, 11) is 1.47. The van der Waals surface area contributed by atoms with Crippen molar-refractivity contribution in [1.82, 2.24) is 0 Å². The Morgan fingerprint density at radius 3 is 2.69 bits per heavy atom. The van der Waals surface area contributed by atoms with Crippen LogP contribution in [0.5, 0.6) is 11.5 Å². The maximum Gasteiger partial charge on any atom is 0.172 e. The minimum absolute atomic E-state index is 0.000294. The third-order valence-electron chi connectivity index (χ3n) is 5.67. The molecule has 2 aliphatic carbocycles. The lowest BCUT2D eigenvalue weighted by Crippen LogP contribution is -2.49. The third kappa shape index (κ3) is 2.57. The van der Waals surface area contributed by atoms with Crippen LogP contribution in [-0.2, 0) is 9.59 Å². The van der Waals surface area contributed by atoms with Gasteiger partial charge in [-0.25, -0.2) is 0 Å². The second-order valence-electron chi connectivity index (χ2n) is 7.02. The first-order valence-corrected chi connectivity index (χ1v) is 9.20. The molecular weight excluding hydrogens is 396 g/mol. The molecule has 0 heterocycles. The maximum atomic E-state index is 13.1. The molecule has 0 aliphatic heterocycles. The molecule has 1 aromatic rings. The van der Waals surface area contributed by atoms with Gasteiger partial charge in [0.1, 0.15) is 0 Å². The van der Waals surface area contributed by atoms with E-state index in [1.807, 2.05) is 13.0 Å². The predicted molar refractivity (Wildman–Crippen MR) is 103 cm³/mol. The van der Waals surface area contributed by atoms with Gasteiger partial charge in [0.2, 0.25) is 0 Å². The van der Waals surface area contributed by atoms with Crippen molar-refractivity contribution >= 4 is 27.5 Å². The molecule has 0 bridgehead atoms. The first-order chi connectivity index (χ1) is 12.2. The molecule has 2 aliphatic rings. The Kier molecular flexibility index (Phi) is 4.69. The largest absolute Gasteiger partial charge is 0.503 e. The van der Waals surface area contributed by atoms with Crippen LogP contribution in [0, 0.1) is 11.3 Å². The van der Waals surface area contributed by atoms with E-state index < -0.39 is 11.3 Å². The van der Waals surface area contributed by atoms with Crippen LogP contribution in [0.3, 0.4) is 0 Å². The first kappa shape index (κ1) is 18.6. The second-order valence-corrected chi connectivity index (χ2v) is 7.88. The van der Waals surface area contributed by atoms with Crippen LogP contribution in [0.4, 0.5) is 0 Å². The molecule has 0 unspecified atom stereocenters. The summed E-state index contributed by atoms with van der Waals surface area (Å²) in [4.78, 5) is 25.9. The van der Waals surface area contributed by atoms with Gasteiger partial charge in [-0.05, 0) is 64.2 Å². The van der Waals surface area contributed by atoms with Gasteiger partial charge in [0, 0.05) is 11.8 Å². The lowest BCUT2D eigenvalue weighted by atomic mass is 9.53. The van der Waals surface area contributed by atoms with Gasteiger partial charge in [-0.2, -0.15) is 0 Å². The number of rotatable bonds is 3. The highest BCUT2D eigenvalue weighted by atomic mass is 79.9. The number of allylic oxidation sites excluding steroid dienone is 5. The molecule has 26 heavy (non-hydrogen) atoms. The van der Waals surface area contributed by atoms with Gasteiger partial charge in [0.15, 0.2) is 23.1 Å². The molecule has 3 atom stereocenters. The Balaban J connectivity index is 2.26. The van der Waals surface area contributed by atoms with Gasteiger partial charge in [-0.15, -0.1) is 0 Å². The summed E-state index contributed by atoms with van der Waals surface area (Å²) in [6.07, 6.45) is 5.70. The number of carbonyl (C=O) groups excluding carboxylic acids is 2. The van der Waals surface area contributed by atoms with Gasteiger partial charge in [0.05, 0.1) is 17.0 Å². The fraction of sp³-hybridized carbons (Fsp3) is 0.333. The predicted octanol–water partition coefficient (Wildman–Crippen LogP) is 4.48. The molecular formula is C21H21BrO4. The Hall–Kier alpha value is -2.14. The Morgan fingerprint density at radius 1 is 1.38 bits per heavy atom. The van der Waals surface area contributed by atoms with Crippen LogP contribution < -0.4 is 4.74 Å². The van der Waals surface area contributed by atoms with Crippen LogP contribution in [-0.4, -0.2) is 23.8 Å². The van der Waals surface area contributed by atoms with Crippen LogP contribution in [0.1, 0.15) is 31.7 Å².